The molecule has 0 spiro atoms. The molecule has 0 radical (unpaired) electrons. The minimum Gasteiger partial charge on any atom is -0.380 e. The van der Waals surface area contributed by atoms with Gasteiger partial charge in [0.05, 0.1) is 6.20 Å². The number of rotatable bonds is 2. The van der Waals surface area contributed by atoms with E-state index in [9.17, 15) is 4.79 Å². The lowest BCUT2D eigenvalue weighted by Crippen LogP contribution is -2.22. The second kappa shape index (κ2) is 4.15. The van der Waals surface area contributed by atoms with Gasteiger partial charge in [-0.05, 0) is 0 Å². The molecular weight excluding hydrogens is 170 g/mol. The summed E-state index contributed by atoms with van der Waals surface area (Å²) < 4.78 is 0. The Morgan fingerprint density at radius 3 is 2.92 bits per heavy atom. The topological polar surface area (TPSA) is 93.3 Å². The quantitative estimate of drug-likeness (QED) is 0.354. The highest BCUT2D eigenvalue weighted by Gasteiger charge is 1.98. The van der Waals surface area contributed by atoms with Gasteiger partial charge in [-0.1, -0.05) is 0 Å². The third-order valence-electron chi connectivity index (χ3n) is 1.16. The van der Waals surface area contributed by atoms with Gasteiger partial charge in [-0.3, -0.25) is 9.78 Å². The van der Waals surface area contributed by atoms with Gasteiger partial charge in [-0.25, -0.2) is 10.4 Å². The first kappa shape index (κ1) is 9.11. The molecule has 0 aromatic carbocycles. The Balaban J connectivity index is 2.73. The first-order valence-corrected chi connectivity index (χ1v) is 3.56. The van der Waals surface area contributed by atoms with Gasteiger partial charge >= 0.3 is 0 Å². The van der Waals surface area contributed by atoms with E-state index in [0.717, 1.165) is 0 Å². The lowest BCUT2D eigenvalue weighted by atomic mass is 10.4. The summed E-state index contributed by atoms with van der Waals surface area (Å²) in [6.45, 7) is 1.34. The number of hydrazone groups is 1. The first-order chi connectivity index (χ1) is 6.20. The van der Waals surface area contributed by atoms with Crippen LogP contribution in [0.5, 0.6) is 0 Å². The molecule has 0 fully saturated rings. The van der Waals surface area contributed by atoms with Crippen molar-refractivity contribution < 1.29 is 4.79 Å². The number of amidine groups is 1. The van der Waals surface area contributed by atoms with Crippen LogP contribution in [0.3, 0.4) is 0 Å². The molecule has 0 atom stereocenters. The normalized spacial score (nSPS) is 11.0. The molecule has 6 heteroatoms. The molecule has 0 aliphatic rings. The zero-order chi connectivity index (χ0) is 9.68. The van der Waals surface area contributed by atoms with Crippen molar-refractivity contribution in [2.24, 2.45) is 10.8 Å². The number of nitrogens with two attached hydrogens (primary N) is 1. The maximum absolute atomic E-state index is 10.5. The third-order valence-corrected chi connectivity index (χ3v) is 1.16. The smallest absolute Gasteiger partial charge is 0.237 e. The molecule has 1 heterocycles. The SMILES string of the molecule is CC(=O)NN=C(N)c1cnccn1. The molecule has 1 amide bonds. The number of nitrogens with zero attached hydrogens (tertiary/aromatic N) is 3. The lowest BCUT2D eigenvalue weighted by Gasteiger charge is -1.97. The molecule has 0 unspecified atom stereocenters. The van der Waals surface area contributed by atoms with Gasteiger partial charge in [0.1, 0.15) is 5.69 Å². The Morgan fingerprint density at radius 2 is 2.38 bits per heavy atom. The molecule has 3 N–H and O–H groups in total. The van der Waals surface area contributed by atoms with Gasteiger partial charge in [-0.15, -0.1) is 0 Å². The monoisotopic (exact) mass is 179 g/mol. The predicted octanol–water partition coefficient (Wildman–Crippen LogP) is -0.767. The van der Waals surface area contributed by atoms with Crippen molar-refractivity contribution in [3.05, 3.63) is 24.3 Å². The predicted molar refractivity (Wildman–Crippen MR) is 46.6 cm³/mol. The van der Waals surface area contributed by atoms with E-state index in [1.54, 1.807) is 0 Å². The van der Waals surface area contributed by atoms with Crippen LogP contribution in [0.2, 0.25) is 0 Å². The maximum Gasteiger partial charge on any atom is 0.237 e. The van der Waals surface area contributed by atoms with Crippen molar-refractivity contribution in [3.63, 3.8) is 0 Å². The van der Waals surface area contributed by atoms with Crippen LogP contribution in [0, 0.1) is 0 Å². The van der Waals surface area contributed by atoms with Gasteiger partial charge in [0, 0.05) is 19.3 Å². The molecule has 68 valence electrons. The average Bonchev–Trinajstić information content (AvgIpc) is 2.15. The lowest BCUT2D eigenvalue weighted by molar-refractivity contribution is -0.118. The summed E-state index contributed by atoms with van der Waals surface area (Å²) in [5.41, 5.74) is 8.10. The summed E-state index contributed by atoms with van der Waals surface area (Å²) in [7, 11) is 0. The zero-order valence-corrected chi connectivity index (χ0v) is 7.06. The van der Waals surface area contributed by atoms with E-state index >= 15 is 0 Å². The Labute approximate surface area is 74.9 Å². The largest absolute Gasteiger partial charge is 0.380 e. The molecule has 13 heavy (non-hydrogen) atoms. The first-order valence-electron chi connectivity index (χ1n) is 3.56. The van der Waals surface area contributed by atoms with E-state index in [1.165, 1.54) is 25.5 Å². The summed E-state index contributed by atoms with van der Waals surface area (Å²) in [6.07, 6.45) is 4.47. The van der Waals surface area contributed by atoms with Crippen molar-refractivity contribution in [2.45, 2.75) is 6.92 Å². The van der Waals surface area contributed by atoms with Gasteiger partial charge in [0.25, 0.3) is 0 Å². The molecule has 0 saturated heterocycles. The molecular formula is C7H9N5O. The fraction of sp³-hybridized carbons (Fsp3) is 0.143. The molecule has 0 aliphatic heterocycles. The summed E-state index contributed by atoms with van der Waals surface area (Å²) in [4.78, 5) is 18.2. The summed E-state index contributed by atoms with van der Waals surface area (Å²) in [5, 5.41) is 3.59. The van der Waals surface area contributed by atoms with Gasteiger partial charge in [0.15, 0.2) is 5.84 Å². The third kappa shape index (κ3) is 2.86. The second-order valence-electron chi connectivity index (χ2n) is 2.26. The highest BCUT2D eigenvalue weighted by atomic mass is 16.2. The van der Waals surface area contributed by atoms with E-state index in [4.69, 9.17) is 5.73 Å². The molecule has 1 aromatic heterocycles. The van der Waals surface area contributed by atoms with Crippen molar-refractivity contribution >= 4 is 11.7 Å². The minimum atomic E-state index is -0.285. The van der Waals surface area contributed by atoms with Crippen LogP contribution in [-0.2, 0) is 4.79 Å². The fourth-order valence-corrected chi connectivity index (χ4v) is 0.628. The number of hydrogen-bond acceptors (Lipinski definition) is 4. The molecule has 0 bridgehead atoms. The van der Waals surface area contributed by atoms with Gasteiger partial charge in [-0.2, -0.15) is 5.10 Å². The van der Waals surface area contributed by atoms with Crippen molar-refractivity contribution in [3.8, 4) is 0 Å². The van der Waals surface area contributed by atoms with Crippen molar-refractivity contribution in [2.75, 3.05) is 0 Å². The van der Waals surface area contributed by atoms with Crippen molar-refractivity contribution in [1.29, 1.82) is 0 Å². The van der Waals surface area contributed by atoms with Gasteiger partial charge in [0.2, 0.25) is 5.91 Å². The number of carbonyl (C=O) groups is 1. The van der Waals surface area contributed by atoms with Crippen LogP contribution < -0.4 is 11.2 Å². The zero-order valence-electron chi connectivity index (χ0n) is 7.06. The van der Waals surface area contributed by atoms with Crippen LogP contribution >= 0.6 is 0 Å². The molecule has 1 rings (SSSR count). The summed E-state index contributed by atoms with van der Waals surface area (Å²) in [6, 6.07) is 0. The minimum absolute atomic E-state index is 0.128. The highest BCUT2D eigenvalue weighted by Crippen LogP contribution is 1.87. The molecule has 0 aliphatic carbocycles. The number of nitrogens with one attached hydrogen (secondary N) is 1. The highest BCUT2D eigenvalue weighted by molar-refractivity contribution is 5.95. The van der Waals surface area contributed by atoms with Crippen LogP contribution in [0.15, 0.2) is 23.7 Å². The van der Waals surface area contributed by atoms with Crippen molar-refractivity contribution in [1.82, 2.24) is 15.4 Å². The summed E-state index contributed by atoms with van der Waals surface area (Å²) in [5.74, 6) is -0.157. The van der Waals surface area contributed by atoms with E-state index < -0.39 is 0 Å². The molecule has 0 saturated carbocycles. The Kier molecular flexibility index (Phi) is 2.91. The Morgan fingerprint density at radius 1 is 1.62 bits per heavy atom. The standard InChI is InChI=1S/C7H9N5O/c1-5(13)11-12-7(8)6-4-9-2-3-10-6/h2-4H,1H3,(H2,8,12)(H,11,13). The van der Waals surface area contributed by atoms with E-state index in [0.29, 0.717) is 5.69 Å². The van der Waals surface area contributed by atoms with E-state index in [1.807, 2.05) is 0 Å². The molecule has 6 nitrogen and oxygen atoms in total. The van der Waals surface area contributed by atoms with Crippen LogP contribution in [-0.4, -0.2) is 21.7 Å². The fourth-order valence-electron chi connectivity index (χ4n) is 0.628. The number of aromatic nitrogens is 2. The maximum atomic E-state index is 10.5. The van der Waals surface area contributed by atoms with E-state index in [2.05, 4.69) is 20.5 Å². The van der Waals surface area contributed by atoms with E-state index in [-0.39, 0.29) is 11.7 Å². The number of amides is 1. The molecule has 1 aromatic rings. The Hall–Kier alpha value is -1.98. The number of carbonyl (C=O) groups excluding carboxylic acids is 1. The van der Waals surface area contributed by atoms with Crippen LogP contribution in [0.4, 0.5) is 0 Å². The Bertz CT molecular complexity index is 321. The number of hydrogen-bond donors (Lipinski definition) is 2. The van der Waals surface area contributed by atoms with Gasteiger partial charge < -0.3 is 5.73 Å². The average molecular weight is 179 g/mol. The second-order valence-corrected chi connectivity index (χ2v) is 2.26. The van der Waals surface area contributed by atoms with Crippen LogP contribution in [0.25, 0.3) is 0 Å². The summed E-state index contributed by atoms with van der Waals surface area (Å²) >= 11 is 0. The van der Waals surface area contributed by atoms with Crippen LogP contribution in [0.1, 0.15) is 12.6 Å².